The summed E-state index contributed by atoms with van der Waals surface area (Å²) in [6, 6.07) is 1.67. The summed E-state index contributed by atoms with van der Waals surface area (Å²) in [6.07, 6.45) is -14.4. The Morgan fingerprint density at radius 3 is 2.26 bits per heavy atom. The first-order valence-corrected chi connectivity index (χ1v) is 24.0. The molecule has 68 heavy (non-hydrogen) atoms. The Kier molecular flexibility index (Phi) is 19.7. The van der Waals surface area contributed by atoms with Crippen molar-refractivity contribution in [2.75, 3.05) is 39.1 Å². The van der Waals surface area contributed by atoms with Gasteiger partial charge >= 0.3 is 18.2 Å². The Hall–Kier alpha value is -2.73. The molecular weight excluding hydrogens is 898 g/mol. The second-order valence-corrected chi connectivity index (χ2v) is 20.3. The molecule has 0 aromatic heterocycles. The number of carbonyl (C=O) groups excluding carboxylic acids is 2. The average molecular weight is 979 g/mol. The van der Waals surface area contributed by atoms with Crippen LogP contribution in [-0.4, -0.2) is 166 Å². The molecule has 0 saturated carbocycles. The van der Waals surface area contributed by atoms with E-state index < -0.39 is 125 Å². The van der Waals surface area contributed by atoms with Crippen LogP contribution in [-0.2, 0) is 39.4 Å². The summed E-state index contributed by atoms with van der Waals surface area (Å²) in [6.45, 7) is 19.7. The van der Waals surface area contributed by atoms with Crippen LogP contribution in [0.3, 0.4) is 0 Å². The van der Waals surface area contributed by atoms with Gasteiger partial charge < -0.3 is 74.8 Å². The number of urea groups is 1. The number of nitrogens with one attached hydrogen (secondary N) is 3. The van der Waals surface area contributed by atoms with Gasteiger partial charge in [0.2, 0.25) is 0 Å². The van der Waals surface area contributed by atoms with Crippen LogP contribution in [0.15, 0.2) is 24.3 Å². The molecule has 18 atom stereocenters. The number of esters is 1. The highest BCUT2D eigenvalue weighted by molar-refractivity contribution is 5.89. The van der Waals surface area contributed by atoms with Gasteiger partial charge in [-0.1, -0.05) is 33.8 Å². The van der Waals surface area contributed by atoms with E-state index in [1.54, 1.807) is 55.4 Å². The number of rotatable bonds is 12. The van der Waals surface area contributed by atoms with Gasteiger partial charge in [0.1, 0.15) is 35.1 Å². The van der Waals surface area contributed by atoms with Gasteiger partial charge in [-0.05, 0) is 111 Å². The monoisotopic (exact) mass is 979 g/mol. The van der Waals surface area contributed by atoms with Crippen LogP contribution in [0.25, 0.3) is 0 Å². The van der Waals surface area contributed by atoms with E-state index in [2.05, 4.69) is 16.0 Å². The van der Waals surface area contributed by atoms with Crippen LogP contribution in [0.2, 0.25) is 0 Å². The number of hydrogen-bond donors (Lipinski definition) is 8. The summed E-state index contributed by atoms with van der Waals surface area (Å²) in [5, 5.41) is 69.1. The van der Waals surface area contributed by atoms with Gasteiger partial charge in [-0.2, -0.15) is 13.2 Å². The fourth-order valence-corrected chi connectivity index (χ4v) is 10.2. The molecule has 0 spiro atoms. The van der Waals surface area contributed by atoms with Crippen LogP contribution in [0.4, 0.5) is 23.7 Å². The standard InChI is InChI=1S/C48H81F3N4O13/c1-14-19-52-25-47(62)31(8)65-36(23-45(47,10)63-13)67-38-28(5)40(44(9,60)22-26(3)24-53-30(7)39(57)46(11,61)35(15-2)66-41(58)29(38)6)68-42-37(56)34(20-27(4)64-42)55(12)43(59)54-33-18-16-17-32(21-33)48(49,50)51/h16-18,21,26-31,34-40,42,52-53,56-57,60-62H,14-15,19-20,22-25H2,1-13H3,(H,54,59)/t26-,27-,28+,29-,30-,31+,34+,35-,36+,37-,38+,39-,40-,42+,44-,45-,46-,47+/m1/s1. The van der Waals surface area contributed by atoms with E-state index in [0.717, 1.165) is 23.5 Å². The molecule has 0 bridgehead atoms. The first kappa shape index (κ1) is 57.8. The normalized spacial score (nSPS) is 41.5. The van der Waals surface area contributed by atoms with Crippen molar-refractivity contribution >= 4 is 17.7 Å². The lowest BCUT2D eigenvalue weighted by molar-refractivity contribution is -0.336. The highest BCUT2D eigenvalue weighted by atomic mass is 19.4. The van der Waals surface area contributed by atoms with Crippen LogP contribution in [0, 0.1) is 17.8 Å². The molecule has 8 N–H and O–H groups in total. The lowest BCUT2D eigenvalue weighted by Gasteiger charge is -2.53. The Balaban J connectivity index is 1.78. The number of likely N-dealkylation sites (N-methyl/N-ethyl adjacent to an activating group) is 1. The third kappa shape index (κ3) is 13.2. The minimum Gasteiger partial charge on any atom is -0.459 e. The Morgan fingerprint density at radius 1 is 1.00 bits per heavy atom. The summed E-state index contributed by atoms with van der Waals surface area (Å²) >= 11 is 0. The number of hydrogen-bond acceptors (Lipinski definition) is 15. The van der Waals surface area contributed by atoms with E-state index in [1.165, 1.54) is 33.2 Å². The van der Waals surface area contributed by atoms with Crippen molar-refractivity contribution in [2.24, 2.45) is 17.8 Å². The Labute approximate surface area is 400 Å². The van der Waals surface area contributed by atoms with Crippen molar-refractivity contribution in [2.45, 2.75) is 204 Å². The van der Waals surface area contributed by atoms with Crippen LogP contribution in [0.1, 0.15) is 114 Å². The van der Waals surface area contributed by atoms with E-state index in [-0.39, 0.29) is 50.4 Å². The summed E-state index contributed by atoms with van der Waals surface area (Å²) < 4.78 is 78.8. The number of amides is 2. The number of aliphatic hydroxyl groups is 5. The second-order valence-electron chi connectivity index (χ2n) is 20.3. The number of cyclic esters (lactones) is 1. The summed E-state index contributed by atoms with van der Waals surface area (Å²) in [5.74, 6) is -3.28. The molecule has 3 fully saturated rings. The molecule has 2 amide bonds. The maximum Gasteiger partial charge on any atom is 0.416 e. The molecule has 0 radical (unpaired) electrons. The zero-order chi connectivity index (χ0) is 51.3. The number of methoxy groups -OCH3 is 1. The largest absolute Gasteiger partial charge is 0.459 e. The average Bonchev–Trinajstić information content (AvgIpc) is 3.26. The summed E-state index contributed by atoms with van der Waals surface area (Å²) in [7, 11) is 2.87. The molecule has 4 rings (SSSR count). The molecule has 20 heteroatoms. The Morgan fingerprint density at radius 2 is 1.66 bits per heavy atom. The predicted molar refractivity (Wildman–Crippen MR) is 246 cm³/mol. The van der Waals surface area contributed by atoms with Crippen molar-refractivity contribution in [3.63, 3.8) is 0 Å². The van der Waals surface area contributed by atoms with Crippen molar-refractivity contribution in [1.82, 2.24) is 15.5 Å². The topological polar surface area (TPSA) is 230 Å². The third-order valence-corrected chi connectivity index (χ3v) is 14.6. The Bertz CT molecular complexity index is 1800. The van der Waals surface area contributed by atoms with E-state index in [4.69, 9.17) is 28.4 Å². The maximum atomic E-state index is 14.5. The van der Waals surface area contributed by atoms with E-state index >= 15 is 0 Å². The number of halogens is 3. The van der Waals surface area contributed by atoms with E-state index in [1.807, 2.05) is 13.8 Å². The molecule has 17 nitrogen and oxygen atoms in total. The second kappa shape index (κ2) is 23.2. The maximum absolute atomic E-state index is 14.5. The van der Waals surface area contributed by atoms with Crippen LogP contribution < -0.4 is 16.0 Å². The fraction of sp³-hybridized carbons (Fsp3) is 0.833. The molecule has 0 unspecified atom stereocenters. The number of benzene rings is 1. The molecular formula is C48H81F3N4O13. The van der Waals surface area contributed by atoms with E-state index in [0.29, 0.717) is 6.54 Å². The van der Waals surface area contributed by atoms with Gasteiger partial charge in [-0.15, -0.1) is 0 Å². The lowest BCUT2D eigenvalue weighted by Crippen LogP contribution is -2.70. The molecule has 1 aromatic rings. The third-order valence-electron chi connectivity index (χ3n) is 14.6. The number of anilines is 1. The van der Waals surface area contributed by atoms with Crippen molar-refractivity contribution in [3.05, 3.63) is 29.8 Å². The highest BCUT2D eigenvalue weighted by Crippen LogP contribution is 2.43. The minimum atomic E-state index is -4.65. The summed E-state index contributed by atoms with van der Waals surface area (Å²) in [4.78, 5) is 29.2. The van der Waals surface area contributed by atoms with Gasteiger partial charge in [0.05, 0.1) is 47.5 Å². The van der Waals surface area contributed by atoms with Crippen molar-refractivity contribution < 1.29 is 76.7 Å². The first-order chi connectivity index (χ1) is 31.5. The zero-order valence-corrected chi connectivity index (χ0v) is 42.1. The van der Waals surface area contributed by atoms with Gasteiger partial charge in [0.25, 0.3) is 0 Å². The van der Waals surface area contributed by atoms with Crippen LogP contribution >= 0.6 is 0 Å². The quantitative estimate of drug-likeness (QED) is 0.106. The molecule has 3 aliphatic heterocycles. The molecule has 3 aliphatic rings. The summed E-state index contributed by atoms with van der Waals surface area (Å²) in [5.41, 5.74) is -7.52. The molecule has 3 heterocycles. The van der Waals surface area contributed by atoms with Crippen LogP contribution in [0.5, 0.6) is 0 Å². The number of carbonyl (C=O) groups is 2. The SMILES string of the molecule is CCCNC[C@]1(O)[C@H](C)O[C@@H](O[C@H]2[C@H](C)[C@@H](O[C@@H]3O[C@H](C)C[C@H](N(C)C(=O)Nc4cccc(C(F)(F)F)c4)[C@H]3O)[C@](C)(O)C[C@@H](C)CN[C@H](C)[C@@H](O)[C@](C)(O)[C@@H](CC)OC(=O)[C@@H]2C)C[C@@]1(C)OC. The van der Waals surface area contributed by atoms with Crippen molar-refractivity contribution in [3.8, 4) is 0 Å². The zero-order valence-electron chi connectivity index (χ0n) is 42.1. The molecule has 3 saturated heterocycles. The van der Waals surface area contributed by atoms with Gasteiger partial charge in [-0.3, -0.25) is 4.79 Å². The predicted octanol–water partition coefficient (Wildman–Crippen LogP) is 4.55. The number of ether oxygens (including phenoxy) is 6. The smallest absolute Gasteiger partial charge is 0.416 e. The number of nitrogens with zero attached hydrogens (tertiary/aromatic N) is 1. The molecule has 392 valence electrons. The minimum absolute atomic E-state index is 0.0112. The first-order valence-electron chi connectivity index (χ1n) is 24.0. The van der Waals surface area contributed by atoms with Gasteiger partial charge in [0.15, 0.2) is 12.6 Å². The fourth-order valence-electron chi connectivity index (χ4n) is 10.2. The van der Waals surface area contributed by atoms with Crippen molar-refractivity contribution in [1.29, 1.82) is 0 Å². The number of alkyl halides is 3. The number of aliphatic hydroxyl groups excluding tert-OH is 2. The van der Waals surface area contributed by atoms with Gasteiger partial charge in [0, 0.05) is 44.8 Å². The highest BCUT2D eigenvalue weighted by Gasteiger charge is 2.58. The lowest BCUT2D eigenvalue weighted by atomic mass is 9.75. The van der Waals surface area contributed by atoms with E-state index in [9.17, 15) is 48.3 Å². The van der Waals surface area contributed by atoms with Gasteiger partial charge in [-0.25, -0.2) is 4.79 Å². The molecule has 1 aromatic carbocycles. The molecule has 0 aliphatic carbocycles.